The molecule has 0 spiro atoms. The lowest BCUT2D eigenvalue weighted by molar-refractivity contribution is 0.456. The molecule has 2 aromatic carbocycles. The third-order valence-electron chi connectivity index (χ3n) is 4.02. The average molecular weight is 285 g/mol. The van der Waals surface area contributed by atoms with E-state index < -0.39 is 0 Å². The number of hydrogen-bond donors (Lipinski definition) is 1. The van der Waals surface area contributed by atoms with Gasteiger partial charge in [-0.1, -0.05) is 50.2 Å². The fourth-order valence-corrected chi connectivity index (χ4v) is 2.58. The molecule has 2 atom stereocenters. The molecule has 0 heterocycles. The van der Waals surface area contributed by atoms with Crippen LogP contribution in [0.5, 0.6) is 0 Å². The molecule has 0 amide bonds. The van der Waals surface area contributed by atoms with Crippen molar-refractivity contribution in [2.45, 2.75) is 45.7 Å². The Hall–Kier alpha value is -1.67. The summed E-state index contributed by atoms with van der Waals surface area (Å²) in [7, 11) is 0. The molecule has 0 bridgehead atoms. The van der Waals surface area contributed by atoms with E-state index in [4.69, 9.17) is 0 Å². The zero-order chi connectivity index (χ0) is 15.2. The molecule has 0 aliphatic rings. The van der Waals surface area contributed by atoms with E-state index in [1.807, 2.05) is 12.1 Å². The van der Waals surface area contributed by atoms with Gasteiger partial charge in [0.25, 0.3) is 0 Å². The van der Waals surface area contributed by atoms with Crippen LogP contribution in [0.3, 0.4) is 0 Å². The number of nitrogens with one attached hydrogen (secondary N) is 1. The monoisotopic (exact) mass is 285 g/mol. The Balaban J connectivity index is 2.08. The highest BCUT2D eigenvalue weighted by Gasteiger charge is 2.13. The molecular weight excluding hydrogens is 261 g/mol. The van der Waals surface area contributed by atoms with Crippen LogP contribution in [0.25, 0.3) is 0 Å². The van der Waals surface area contributed by atoms with Crippen LogP contribution >= 0.6 is 0 Å². The quantitative estimate of drug-likeness (QED) is 0.770. The summed E-state index contributed by atoms with van der Waals surface area (Å²) < 4.78 is 13.0. The lowest BCUT2D eigenvalue weighted by Crippen LogP contribution is -2.24. The summed E-state index contributed by atoms with van der Waals surface area (Å²) in [6.07, 6.45) is 2.09. The fraction of sp³-hybridized carbons (Fsp3) is 0.368. The molecule has 0 radical (unpaired) electrons. The normalized spacial score (nSPS) is 13.9. The lowest BCUT2D eigenvalue weighted by Gasteiger charge is -2.23. The van der Waals surface area contributed by atoms with Gasteiger partial charge < -0.3 is 5.32 Å². The van der Waals surface area contributed by atoms with Gasteiger partial charge in [-0.3, -0.25) is 0 Å². The van der Waals surface area contributed by atoms with Gasteiger partial charge in [0.05, 0.1) is 0 Å². The highest BCUT2D eigenvalue weighted by molar-refractivity contribution is 5.26. The van der Waals surface area contributed by atoms with Crippen LogP contribution < -0.4 is 5.32 Å². The van der Waals surface area contributed by atoms with Crippen molar-refractivity contribution in [1.29, 1.82) is 0 Å². The van der Waals surface area contributed by atoms with Gasteiger partial charge in [-0.2, -0.15) is 0 Å². The maximum Gasteiger partial charge on any atom is 0.123 e. The van der Waals surface area contributed by atoms with Crippen molar-refractivity contribution in [1.82, 2.24) is 5.32 Å². The summed E-state index contributed by atoms with van der Waals surface area (Å²) in [6.45, 7) is 6.47. The Morgan fingerprint density at radius 1 is 0.905 bits per heavy atom. The van der Waals surface area contributed by atoms with Gasteiger partial charge in [0.2, 0.25) is 0 Å². The molecule has 2 heteroatoms. The number of rotatable bonds is 6. The molecule has 0 aliphatic heterocycles. The Kier molecular flexibility index (Phi) is 5.51. The average Bonchev–Trinajstić information content (AvgIpc) is 2.53. The lowest BCUT2D eigenvalue weighted by atomic mass is 9.99. The van der Waals surface area contributed by atoms with Crippen molar-refractivity contribution < 1.29 is 4.39 Å². The minimum absolute atomic E-state index is 0.187. The van der Waals surface area contributed by atoms with Crippen LogP contribution in [0.1, 0.15) is 56.0 Å². The van der Waals surface area contributed by atoms with Crippen LogP contribution in [0.15, 0.2) is 48.5 Å². The molecular formula is C19H24FN. The standard InChI is InChI=1S/C19H24FN/c1-4-15-6-8-17(9-7-15)19(5-2)21-14(3)16-10-12-18(20)13-11-16/h6-14,19,21H,4-5H2,1-3H3. The van der Waals surface area contributed by atoms with Gasteiger partial charge in [0.1, 0.15) is 5.82 Å². The van der Waals surface area contributed by atoms with Crippen molar-refractivity contribution in [3.05, 3.63) is 71.0 Å². The van der Waals surface area contributed by atoms with E-state index in [0.717, 1.165) is 18.4 Å². The number of benzene rings is 2. The Bertz CT molecular complexity index is 545. The first-order valence-electron chi connectivity index (χ1n) is 7.74. The van der Waals surface area contributed by atoms with Gasteiger partial charge >= 0.3 is 0 Å². The summed E-state index contributed by atoms with van der Waals surface area (Å²) in [5.74, 6) is -0.187. The second-order valence-corrected chi connectivity index (χ2v) is 5.50. The maximum absolute atomic E-state index is 13.0. The maximum atomic E-state index is 13.0. The summed E-state index contributed by atoms with van der Waals surface area (Å²) in [6, 6.07) is 16.0. The summed E-state index contributed by atoms with van der Waals surface area (Å²) >= 11 is 0. The van der Waals surface area contributed by atoms with E-state index >= 15 is 0 Å². The second kappa shape index (κ2) is 7.37. The summed E-state index contributed by atoms with van der Waals surface area (Å²) in [5, 5.41) is 3.63. The summed E-state index contributed by atoms with van der Waals surface area (Å²) in [4.78, 5) is 0. The Morgan fingerprint density at radius 3 is 2.00 bits per heavy atom. The van der Waals surface area contributed by atoms with E-state index in [2.05, 4.69) is 50.4 Å². The first kappa shape index (κ1) is 15.7. The van der Waals surface area contributed by atoms with Crippen LogP contribution in [-0.2, 0) is 6.42 Å². The molecule has 112 valence electrons. The predicted molar refractivity (Wildman–Crippen MR) is 86.8 cm³/mol. The largest absolute Gasteiger partial charge is 0.303 e. The predicted octanol–water partition coefficient (Wildman–Crippen LogP) is 5.19. The molecule has 2 aromatic rings. The highest BCUT2D eigenvalue weighted by atomic mass is 19.1. The van der Waals surface area contributed by atoms with Crippen molar-refractivity contribution in [2.75, 3.05) is 0 Å². The first-order chi connectivity index (χ1) is 10.1. The summed E-state index contributed by atoms with van der Waals surface area (Å²) in [5.41, 5.74) is 3.78. The van der Waals surface area contributed by atoms with Gasteiger partial charge in [0, 0.05) is 12.1 Å². The SMILES string of the molecule is CCc1ccc(C(CC)NC(C)c2ccc(F)cc2)cc1. The van der Waals surface area contributed by atoms with E-state index in [-0.39, 0.29) is 11.9 Å². The molecule has 0 aliphatic carbocycles. The molecule has 0 saturated carbocycles. The Labute approximate surface area is 127 Å². The van der Waals surface area contributed by atoms with Gasteiger partial charge in [0.15, 0.2) is 0 Å². The first-order valence-corrected chi connectivity index (χ1v) is 7.74. The van der Waals surface area contributed by atoms with E-state index in [1.54, 1.807) is 0 Å². The molecule has 2 rings (SSSR count). The smallest absolute Gasteiger partial charge is 0.123 e. The van der Waals surface area contributed by atoms with Crippen molar-refractivity contribution >= 4 is 0 Å². The molecule has 0 fully saturated rings. The molecule has 0 saturated heterocycles. The molecule has 21 heavy (non-hydrogen) atoms. The van der Waals surface area contributed by atoms with Gasteiger partial charge in [-0.05, 0) is 48.6 Å². The fourth-order valence-electron chi connectivity index (χ4n) is 2.58. The number of hydrogen-bond acceptors (Lipinski definition) is 1. The van der Waals surface area contributed by atoms with Crippen molar-refractivity contribution in [3.63, 3.8) is 0 Å². The minimum Gasteiger partial charge on any atom is -0.303 e. The Morgan fingerprint density at radius 2 is 1.48 bits per heavy atom. The van der Waals surface area contributed by atoms with E-state index in [1.165, 1.54) is 23.3 Å². The molecule has 2 unspecified atom stereocenters. The minimum atomic E-state index is -0.187. The van der Waals surface area contributed by atoms with Crippen molar-refractivity contribution in [2.24, 2.45) is 0 Å². The van der Waals surface area contributed by atoms with Crippen molar-refractivity contribution in [3.8, 4) is 0 Å². The molecule has 1 nitrogen and oxygen atoms in total. The van der Waals surface area contributed by atoms with Crippen LogP contribution in [0, 0.1) is 5.82 Å². The second-order valence-electron chi connectivity index (χ2n) is 5.50. The zero-order valence-electron chi connectivity index (χ0n) is 13.1. The molecule has 1 N–H and O–H groups in total. The third kappa shape index (κ3) is 4.15. The number of aryl methyl sites for hydroxylation is 1. The number of halogens is 1. The van der Waals surface area contributed by atoms with Gasteiger partial charge in [-0.25, -0.2) is 4.39 Å². The van der Waals surface area contributed by atoms with E-state index in [0.29, 0.717) is 6.04 Å². The highest BCUT2D eigenvalue weighted by Crippen LogP contribution is 2.22. The topological polar surface area (TPSA) is 12.0 Å². The van der Waals surface area contributed by atoms with E-state index in [9.17, 15) is 4.39 Å². The molecule has 0 aromatic heterocycles. The van der Waals surface area contributed by atoms with Crippen LogP contribution in [0.4, 0.5) is 4.39 Å². The van der Waals surface area contributed by atoms with Gasteiger partial charge in [-0.15, -0.1) is 0 Å². The zero-order valence-corrected chi connectivity index (χ0v) is 13.1. The van der Waals surface area contributed by atoms with Crippen LogP contribution in [0.2, 0.25) is 0 Å². The third-order valence-corrected chi connectivity index (χ3v) is 4.02. The van der Waals surface area contributed by atoms with Crippen LogP contribution in [-0.4, -0.2) is 0 Å².